The Morgan fingerprint density at radius 1 is 1.12 bits per heavy atom. The summed E-state index contributed by atoms with van der Waals surface area (Å²) in [5, 5.41) is 23.6. The normalized spacial score (nSPS) is 19.7. The molecule has 2 N–H and O–H groups in total. The largest absolute Gasteiger partial charge is 0.504 e. The predicted molar refractivity (Wildman–Crippen MR) is 123 cm³/mol. The maximum absolute atomic E-state index is 11.0. The molecule has 1 saturated carbocycles. The Kier molecular flexibility index (Phi) is 4.92. The molecule has 2 aliphatic heterocycles. The first-order valence-corrected chi connectivity index (χ1v) is 11.3. The van der Waals surface area contributed by atoms with E-state index in [1.165, 1.54) is 12.8 Å². The minimum absolute atomic E-state index is 0.127. The van der Waals surface area contributed by atoms with Gasteiger partial charge in [0.05, 0.1) is 28.9 Å². The second-order valence-corrected chi connectivity index (χ2v) is 8.76. The summed E-state index contributed by atoms with van der Waals surface area (Å²) in [6.45, 7) is 5.35. The van der Waals surface area contributed by atoms with Gasteiger partial charge in [-0.15, -0.1) is 10.2 Å². The third kappa shape index (κ3) is 3.67. The summed E-state index contributed by atoms with van der Waals surface area (Å²) >= 11 is 0. The molecule has 1 aliphatic carbocycles. The maximum Gasteiger partial charge on any atom is 0.172 e. The monoisotopic (exact) mass is 430 g/mol. The second kappa shape index (κ2) is 8.07. The molecule has 2 fully saturated rings. The van der Waals surface area contributed by atoms with Gasteiger partial charge >= 0.3 is 0 Å². The number of piperazine rings is 1. The minimum Gasteiger partial charge on any atom is -0.504 e. The molecule has 0 radical (unpaired) electrons. The molecule has 3 heterocycles. The molecule has 7 heteroatoms. The third-order valence-corrected chi connectivity index (χ3v) is 6.39. The summed E-state index contributed by atoms with van der Waals surface area (Å²) in [5.74, 6) is 2.03. The van der Waals surface area contributed by atoms with Gasteiger partial charge in [-0.3, -0.25) is 4.90 Å². The van der Waals surface area contributed by atoms with Gasteiger partial charge in [0, 0.05) is 44.4 Å². The lowest BCUT2D eigenvalue weighted by Gasteiger charge is -2.27. The van der Waals surface area contributed by atoms with Crippen molar-refractivity contribution in [1.29, 1.82) is 0 Å². The number of nitrogens with zero attached hydrogens (tertiary/aromatic N) is 3. The van der Waals surface area contributed by atoms with Gasteiger partial charge in [0.25, 0.3) is 0 Å². The molecule has 164 valence electrons. The van der Waals surface area contributed by atoms with E-state index in [9.17, 15) is 5.11 Å². The van der Waals surface area contributed by atoms with Crippen molar-refractivity contribution in [1.82, 2.24) is 10.2 Å². The molecule has 3 aliphatic rings. The number of nitrogens with one attached hydrogen (secondary N) is 1. The Hall–Kier alpha value is -3.16. The lowest BCUT2D eigenvalue weighted by molar-refractivity contribution is 0.226. The molecule has 32 heavy (non-hydrogen) atoms. The molecule has 0 amide bonds. The van der Waals surface area contributed by atoms with Gasteiger partial charge in [-0.1, -0.05) is 18.2 Å². The number of hydrogen-bond acceptors (Lipinski definition) is 7. The number of benzene rings is 2. The molecule has 7 nitrogen and oxygen atoms in total. The van der Waals surface area contributed by atoms with Crippen molar-refractivity contribution in [3.05, 3.63) is 53.3 Å². The molecule has 6 rings (SSSR count). The summed E-state index contributed by atoms with van der Waals surface area (Å²) in [4.78, 5) is 2.40. The number of hydrogen-bond donors (Lipinski definition) is 2. The second-order valence-electron chi connectivity index (χ2n) is 8.76. The summed E-state index contributed by atoms with van der Waals surface area (Å²) in [6, 6.07) is 11.7. The Labute approximate surface area is 186 Å². The van der Waals surface area contributed by atoms with E-state index in [-0.39, 0.29) is 5.75 Å². The van der Waals surface area contributed by atoms with Crippen molar-refractivity contribution in [3.8, 4) is 11.5 Å². The van der Waals surface area contributed by atoms with Crippen LogP contribution in [0.2, 0.25) is 0 Å². The SMILES string of the molecule is Oc1c(C=C2N=Nc3ccccc32)oc2c(CN3CCNCC3)c(OCC3CC3)ccc12. The standard InChI is InChI=1S/C25H26N4O3/c30-24-18-7-8-22(31-15-16-5-6-16)19(14-29-11-9-26-10-12-29)25(18)32-23(24)13-21-17-3-1-2-4-20(17)27-28-21/h1-4,7-8,13,16,26,30H,5-6,9-12,14-15H2. The first-order chi connectivity index (χ1) is 15.8. The molecule has 2 aromatic carbocycles. The Balaban J connectivity index is 1.40. The van der Waals surface area contributed by atoms with E-state index < -0.39 is 0 Å². The lowest BCUT2D eigenvalue weighted by atomic mass is 10.1. The fourth-order valence-corrected chi connectivity index (χ4v) is 4.34. The van der Waals surface area contributed by atoms with E-state index in [0.717, 1.165) is 61.9 Å². The number of furan rings is 1. The molecular formula is C25H26N4O3. The zero-order chi connectivity index (χ0) is 21.5. The van der Waals surface area contributed by atoms with Crippen LogP contribution in [0.15, 0.2) is 51.0 Å². The Morgan fingerprint density at radius 3 is 2.81 bits per heavy atom. The highest BCUT2D eigenvalue weighted by Crippen LogP contribution is 2.42. The third-order valence-electron chi connectivity index (χ3n) is 6.39. The van der Waals surface area contributed by atoms with Gasteiger partial charge in [0.1, 0.15) is 11.3 Å². The highest BCUT2D eigenvalue weighted by molar-refractivity contribution is 5.95. The zero-order valence-corrected chi connectivity index (χ0v) is 17.9. The van der Waals surface area contributed by atoms with Crippen LogP contribution in [0.3, 0.4) is 0 Å². The Morgan fingerprint density at radius 2 is 1.97 bits per heavy atom. The highest BCUT2D eigenvalue weighted by atomic mass is 16.5. The maximum atomic E-state index is 11.0. The van der Waals surface area contributed by atoms with E-state index >= 15 is 0 Å². The topological polar surface area (TPSA) is 82.6 Å². The van der Waals surface area contributed by atoms with Crippen LogP contribution in [-0.2, 0) is 6.54 Å². The van der Waals surface area contributed by atoms with Crippen molar-refractivity contribution < 1.29 is 14.3 Å². The predicted octanol–water partition coefficient (Wildman–Crippen LogP) is 4.93. The first-order valence-electron chi connectivity index (χ1n) is 11.3. The van der Waals surface area contributed by atoms with Crippen LogP contribution in [0.4, 0.5) is 5.69 Å². The van der Waals surface area contributed by atoms with Crippen molar-refractivity contribution >= 4 is 28.4 Å². The van der Waals surface area contributed by atoms with Crippen LogP contribution in [-0.4, -0.2) is 42.8 Å². The summed E-state index contributed by atoms with van der Waals surface area (Å²) in [5.41, 5.74) is 4.12. The summed E-state index contributed by atoms with van der Waals surface area (Å²) in [6.07, 6.45) is 4.25. The Bertz CT molecular complexity index is 1220. The smallest absolute Gasteiger partial charge is 0.172 e. The number of ether oxygens (including phenoxy) is 1. The van der Waals surface area contributed by atoms with Crippen molar-refractivity contribution in [2.45, 2.75) is 19.4 Å². The quantitative estimate of drug-likeness (QED) is 0.580. The molecule has 0 spiro atoms. The van der Waals surface area contributed by atoms with Gasteiger partial charge in [-0.2, -0.15) is 0 Å². The van der Waals surface area contributed by atoms with Gasteiger partial charge in [-0.05, 0) is 37.0 Å². The highest BCUT2D eigenvalue weighted by Gasteiger charge is 2.25. The molecular weight excluding hydrogens is 404 g/mol. The van der Waals surface area contributed by atoms with Crippen LogP contribution in [0.5, 0.6) is 11.5 Å². The molecule has 1 saturated heterocycles. The number of rotatable bonds is 6. The van der Waals surface area contributed by atoms with Crippen LogP contribution in [0.1, 0.15) is 29.7 Å². The van der Waals surface area contributed by atoms with Crippen LogP contribution < -0.4 is 10.1 Å². The van der Waals surface area contributed by atoms with Crippen molar-refractivity contribution in [2.24, 2.45) is 16.1 Å². The summed E-state index contributed by atoms with van der Waals surface area (Å²) < 4.78 is 12.5. The summed E-state index contributed by atoms with van der Waals surface area (Å²) in [7, 11) is 0. The fourth-order valence-electron chi connectivity index (χ4n) is 4.34. The van der Waals surface area contributed by atoms with E-state index in [1.54, 1.807) is 6.08 Å². The molecule has 0 unspecified atom stereocenters. The zero-order valence-electron chi connectivity index (χ0n) is 17.9. The van der Waals surface area contributed by atoms with E-state index in [2.05, 4.69) is 20.4 Å². The van der Waals surface area contributed by atoms with Crippen molar-refractivity contribution in [2.75, 3.05) is 32.8 Å². The average Bonchev–Trinajstić information content (AvgIpc) is 3.49. The van der Waals surface area contributed by atoms with Gasteiger partial charge in [0.2, 0.25) is 0 Å². The van der Waals surface area contributed by atoms with Crippen LogP contribution in [0.25, 0.3) is 22.7 Å². The van der Waals surface area contributed by atoms with E-state index in [4.69, 9.17) is 9.15 Å². The fraction of sp³-hybridized carbons (Fsp3) is 0.360. The lowest BCUT2D eigenvalue weighted by Crippen LogP contribution is -2.42. The number of aromatic hydroxyl groups is 1. The van der Waals surface area contributed by atoms with Crippen LogP contribution in [0, 0.1) is 5.92 Å². The molecule has 3 aromatic rings. The van der Waals surface area contributed by atoms with E-state index in [0.29, 0.717) is 28.3 Å². The van der Waals surface area contributed by atoms with Gasteiger partial charge in [0.15, 0.2) is 11.5 Å². The number of azo groups is 1. The minimum atomic E-state index is 0.127. The van der Waals surface area contributed by atoms with Crippen molar-refractivity contribution in [3.63, 3.8) is 0 Å². The molecule has 0 bridgehead atoms. The van der Waals surface area contributed by atoms with E-state index in [1.807, 2.05) is 36.4 Å². The number of fused-ring (bicyclic) bond motifs is 2. The molecule has 1 aromatic heterocycles. The molecule has 0 atom stereocenters. The average molecular weight is 431 g/mol. The first kappa shape index (κ1) is 19.5. The van der Waals surface area contributed by atoms with Gasteiger partial charge < -0.3 is 19.6 Å². The van der Waals surface area contributed by atoms with Gasteiger partial charge in [-0.25, -0.2) is 0 Å². The van der Waals surface area contributed by atoms with Crippen LogP contribution >= 0.6 is 0 Å².